The lowest BCUT2D eigenvalue weighted by Gasteiger charge is -2.18. The Balaban J connectivity index is 2.05. The number of methoxy groups -OCH3 is 1. The standard InChI is InChI=1S/C20H21F3O5S2/c1-28-15-6-9-17(12-15)30(26,27)19-10-5-14(11-18(19)20(21,22)23)13-3-7-16(8-4-13)29(2,24)25/h3-5,7-8,10-11,15,17H,6,9,12H2,1-2H3/t15-,17-/m1/s1. The summed E-state index contributed by atoms with van der Waals surface area (Å²) in [6.07, 6.45) is -3.25. The van der Waals surface area contributed by atoms with Crippen molar-refractivity contribution in [1.82, 2.24) is 0 Å². The van der Waals surface area contributed by atoms with Crippen LogP contribution in [0.4, 0.5) is 13.2 Å². The first-order valence-electron chi connectivity index (χ1n) is 9.12. The zero-order chi connectivity index (χ0) is 22.3. The Bertz CT molecular complexity index is 1140. The van der Waals surface area contributed by atoms with Crippen molar-refractivity contribution in [3.05, 3.63) is 48.0 Å². The summed E-state index contributed by atoms with van der Waals surface area (Å²) in [5.74, 6) is 0. The zero-order valence-electron chi connectivity index (χ0n) is 16.3. The SMILES string of the molecule is CO[C@@H]1CC[C@@H](S(=O)(=O)c2ccc(-c3ccc(S(C)(=O)=O)cc3)cc2C(F)(F)F)C1. The molecule has 0 N–H and O–H groups in total. The molecule has 1 fully saturated rings. The van der Waals surface area contributed by atoms with Crippen LogP contribution in [0.5, 0.6) is 0 Å². The molecule has 10 heteroatoms. The van der Waals surface area contributed by atoms with Crippen LogP contribution in [0.2, 0.25) is 0 Å². The fourth-order valence-electron chi connectivity index (χ4n) is 3.65. The van der Waals surface area contributed by atoms with Crippen LogP contribution in [0.15, 0.2) is 52.3 Å². The van der Waals surface area contributed by atoms with Crippen molar-refractivity contribution in [3.8, 4) is 11.1 Å². The lowest BCUT2D eigenvalue weighted by Crippen LogP contribution is -2.23. The maximum Gasteiger partial charge on any atom is 0.417 e. The fourth-order valence-corrected chi connectivity index (χ4v) is 6.29. The van der Waals surface area contributed by atoms with E-state index in [1.807, 2.05) is 0 Å². The van der Waals surface area contributed by atoms with Crippen molar-refractivity contribution in [2.45, 2.75) is 46.6 Å². The van der Waals surface area contributed by atoms with Crippen molar-refractivity contribution < 1.29 is 34.7 Å². The van der Waals surface area contributed by atoms with Gasteiger partial charge in [-0.3, -0.25) is 0 Å². The molecule has 1 saturated carbocycles. The molecule has 0 amide bonds. The molecule has 2 aromatic rings. The van der Waals surface area contributed by atoms with Gasteiger partial charge in [0.05, 0.1) is 26.7 Å². The van der Waals surface area contributed by atoms with Crippen LogP contribution in [-0.4, -0.2) is 41.6 Å². The van der Waals surface area contributed by atoms with Crippen molar-refractivity contribution in [2.24, 2.45) is 0 Å². The van der Waals surface area contributed by atoms with Gasteiger partial charge in [0.15, 0.2) is 19.7 Å². The number of sulfone groups is 2. The Kier molecular flexibility index (Phi) is 6.05. The highest BCUT2D eigenvalue weighted by atomic mass is 32.2. The lowest BCUT2D eigenvalue weighted by atomic mass is 10.0. The van der Waals surface area contributed by atoms with Gasteiger partial charge in [-0.1, -0.05) is 18.2 Å². The van der Waals surface area contributed by atoms with Gasteiger partial charge >= 0.3 is 6.18 Å². The molecule has 1 aliphatic carbocycles. The van der Waals surface area contributed by atoms with E-state index in [1.54, 1.807) is 0 Å². The van der Waals surface area contributed by atoms with Crippen molar-refractivity contribution in [2.75, 3.05) is 13.4 Å². The number of rotatable bonds is 5. The van der Waals surface area contributed by atoms with E-state index in [9.17, 15) is 30.0 Å². The van der Waals surface area contributed by atoms with E-state index in [2.05, 4.69) is 0 Å². The quantitative estimate of drug-likeness (QED) is 0.668. The van der Waals surface area contributed by atoms with Gasteiger partial charge < -0.3 is 4.74 Å². The first-order valence-corrected chi connectivity index (χ1v) is 12.6. The Hall–Kier alpha value is -1.91. The van der Waals surface area contributed by atoms with Crippen LogP contribution in [0.1, 0.15) is 24.8 Å². The summed E-state index contributed by atoms with van der Waals surface area (Å²) in [6, 6.07) is 8.46. The van der Waals surface area contributed by atoms with Crippen LogP contribution < -0.4 is 0 Å². The van der Waals surface area contributed by atoms with E-state index in [4.69, 9.17) is 4.74 Å². The van der Waals surface area contributed by atoms with Crippen LogP contribution >= 0.6 is 0 Å². The molecule has 0 unspecified atom stereocenters. The molecule has 0 aromatic heterocycles. The number of hydrogen-bond acceptors (Lipinski definition) is 5. The third-order valence-corrected chi connectivity index (χ3v) is 8.72. The monoisotopic (exact) mass is 462 g/mol. The van der Waals surface area contributed by atoms with E-state index in [0.29, 0.717) is 12.0 Å². The topological polar surface area (TPSA) is 77.5 Å². The molecule has 0 bridgehead atoms. The van der Waals surface area contributed by atoms with Gasteiger partial charge in [0.1, 0.15) is 0 Å². The fraction of sp³-hybridized carbons (Fsp3) is 0.400. The minimum atomic E-state index is -4.87. The van der Waals surface area contributed by atoms with Crippen LogP contribution in [0.3, 0.4) is 0 Å². The smallest absolute Gasteiger partial charge is 0.381 e. The van der Waals surface area contributed by atoms with E-state index in [0.717, 1.165) is 18.4 Å². The molecule has 5 nitrogen and oxygen atoms in total. The summed E-state index contributed by atoms with van der Waals surface area (Å²) in [7, 11) is -6.20. The van der Waals surface area contributed by atoms with Gasteiger partial charge in [-0.2, -0.15) is 13.2 Å². The first kappa shape index (κ1) is 22.8. The van der Waals surface area contributed by atoms with Crippen LogP contribution in [0.25, 0.3) is 11.1 Å². The average molecular weight is 463 g/mol. The molecule has 0 saturated heterocycles. The van der Waals surface area contributed by atoms with Crippen molar-refractivity contribution >= 4 is 19.7 Å². The number of halogens is 3. The summed E-state index contributed by atoms with van der Waals surface area (Å²) in [5.41, 5.74) is -0.743. The van der Waals surface area contributed by atoms with E-state index < -0.39 is 41.6 Å². The Labute approximate surface area is 173 Å². The highest BCUT2D eigenvalue weighted by molar-refractivity contribution is 7.92. The number of alkyl halides is 3. The largest absolute Gasteiger partial charge is 0.417 e. The van der Waals surface area contributed by atoms with Crippen molar-refractivity contribution in [3.63, 3.8) is 0 Å². The number of benzene rings is 2. The van der Waals surface area contributed by atoms with E-state index >= 15 is 0 Å². The number of ether oxygens (including phenoxy) is 1. The van der Waals surface area contributed by atoms with Gasteiger partial charge in [0, 0.05) is 13.4 Å². The molecule has 0 radical (unpaired) electrons. The summed E-state index contributed by atoms with van der Waals surface area (Å²) >= 11 is 0. The second-order valence-electron chi connectivity index (χ2n) is 7.34. The van der Waals surface area contributed by atoms with E-state index in [-0.39, 0.29) is 29.4 Å². The highest BCUT2D eigenvalue weighted by Gasteiger charge is 2.42. The van der Waals surface area contributed by atoms with Gasteiger partial charge in [-0.15, -0.1) is 0 Å². The third-order valence-electron chi connectivity index (χ3n) is 5.32. The minimum Gasteiger partial charge on any atom is -0.381 e. The summed E-state index contributed by atoms with van der Waals surface area (Å²) in [6.45, 7) is 0. The van der Waals surface area contributed by atoms with Crippen molar-refractivity contribution in [1.29, 1.82) is 0 Å². The van der Waals surface area contributed by atoms with E-state index in [1.165, 1.54) is 37.4 Å². The van der Waals surface area contributed by atoms with Crippen LogP contribution in [-0.2, 0) is 30.6 Å². The lowest BCUT2D eigenvalue weighted by molar-refractivity contribution is -0.139. The highest BCUT2D eigenvalue weighted by Crippen LogP contribution is 2.40. The molecule has 0 aliphatic heterocycles. The van der Waals surface area contributed by atoms with Gasteiger partial charge in [-0.05, 0) is 54.7 Å². The second kappa shape index (κ2) is 7.97. The molecule has 2 atom stereocenters. The summed E-state index contributed by atoms with van der Waals surface area (Å²) in [5, 5.41) is -0.927. The molecule has 1 aliphatic rings. The van der Waals surface area contributed by atoms with Gasteiger partial charge in [-0.25, -0.2) is 16.8 Å². The summed E-state index contributed by atoms with van der Waals surface area (Å²) in [4.78, 5) is -0.705. The van der Waals surface area contributed by atoms with Gasteiger partial charge in [0.25, 0.3) is 0 Å². The maximum absolute atomic E-state index is 13.8. The predicted octanol–water partition coefficient (Wildman–Crippen LogP) is 4.12. The Morgan fingerprint density at radius 1 is 0.933 bits per heavy atom. The molecule has 2 aromatic carbocycles. The molecular formula is C20H21F3O5S2. The van der Waals surface area contributed by atoms with Crippen LogP contribution in [0, 0.1) is 0 Å². The molecule has 164 valence electrons. The number of hydrogen-bond donors (Lipinski definition) is 0. The Morgan fingerprint density at radius 2 is 1.53 bits per heavy atom. The second-order valence-corrected chi connectivity index (χ2v) is 11.6. The third kappa shape index (κ3) is 4.55. The molecule has 0 spiro atoms. The summed E-state index contributed by atoms with van der Waals surface area (Å²) < 4.78 is 95.4. The first-order chi connectivity index (χ1) is 13.8. The normalized spacial score (nSPS) is 20.4. The molecule has 3 rings (SSSR count). The maximum atomic E-state index is 13.8. The molecule has 0 heterocycles. The Morgan fingerprint density at radius 3 is 2.03 bits per heavy atom. The molecular weight excluding hydrogens is 441 g/mol. The average Bonchev–Trinajstić information content (AvgIpc) is 3.16. The minimum absolute atomic E-state index is 0.0374. The molecule has 30 heavy (non-hydrogen) atoms. The zero-order valence-corrected chi connectivity index (χ0v) is 17.9. The van der Waals surface area contributed by atoms with Gasteiger partial charge in [0.2, 0.25) is 0 Å². The predicted molar refractivity (Wildman–Crippen MR) is 106 cm³/mol.